The van der Waals surface area contributed by atoms with E-state index in [9.17, 15) is 0 Å². The van der Waals surface area contributed by atoms with Crippen LogP contribution < -0.4 is 10.6 Å². The van der Waals surface area contributed by atoms with Crippen molar-refractivity contribution in [2.24, 2.45) is 5.73 Å². The van der Waals surface area contributed by atoms with Crippen molar-refractivity contribution in [1.29, 1.82) is 0 Å². The van der Waals surface area contributed by atoms with Crippen molar-refractivity contribution in [3.05, 3.63) is 28.2 Å². The van der Waals surface area contributed by atoms with Gasteiger partial charge >= 0.3 is 0 Å². The minimum atomic E-state index is 0.0521. The molecule has 0 saturated carbocycles. The van der Waals surface area contributed by atoms with Crippen molar-refractivity contribution >= 4 is 21.6 Å². The molecule has 0 radical (unpaired) electrons. The van der Waals surface area contributed by atoms with E-state index in [-0.39, 0.29) is 13.2 Å². The third-order valence-electron chi connectivity index (χ3n) is 2.38. The van der Waals surface area contributed by atoms with Crippen molar-refractivity contribution < 1.29 is 10.2 Å². The normalized spacial score (nSPS) is 10.5. The van der Waals surface area contributed by atoms with Gasteiger partial charge in [0, 0.05) is 35.4 Å². The van der Waals surface area contributed by atoms with E-state index in [0.29, 0.717) is 19.6 Å². The lowest BCUT2D eigenvalue weighted by atomic mass is 10.1. The fourth-order valence-electron chi connectivity index (χ4n) is 1.64. The summed E-state index contributed by atoms with van der Waals surface area (Å²) >= 11 is 3.45. The van der Waals surface area contributed by atoms with Crippen LogP contribution in [0.1, 0.15) is 5.56 Å². The Bertz CT molecular complexity index is 328. The Morgan fingerprint density at radius 1 is 1.19 bits per heavy atom. The summed E-state index contributed by atoms with van der Waals surface area (Å²) in [4.78, 5) is 1.92. The first-order valence-electron chi connectivity index (χ1n) is 5.18. The summed E-state index contributed by atoms with van der Waals surface area (Å²) < 4.78 is 0.952. The molecule has 5 heteroatoms. The summed E-state index contributed by atoms with van der Waals surface area (Å²) in [7, 11) is 0. The van der Waals surface area contributed by atoms with Gasteiger partial charge in [0.25, 0.3) is 0 Å². The van der Waals surface area contributed by atoms with Crippen LogP contribution in [0.3, 0.4) is 0 Å². The zero-order valence-electron chi connectivity index (χ0n) is 9.06. The Kier molecular flexibility index (Phi) is 5.76. The summed E-state index contributed by atoms with van der Waals surface area (Å²) in [6, 6.07) is 5.79. The summed E-state index contributed by atoms with van der Waals surface area (Å²) in [5.41, 5.74) is 7.65. The van der Waals surface area contributed by atoms with Crippen LogP contribution in [0.15, 0.2) is 22.7 Å². The molecule has 0 aliphatic heterocycles. The number of hydrogen-bond donors (Lipinski definition) is 3. The Hall–Kier alpha value is -0.620. The van der Waals surface area contributed by atoms with Crippen LogP contribution >= 0.6 is 15.9 Å². The number of aliphatic hydroxyl groups excluding tert-OH is 2. The Morgan fingerprint density at radius 2 is 1.81 bits per heavy atom. The molecule has 0 unspecified atom stereocenters. The van der Waals surface area contributed by atoms with E-state index in [2.05, 4.69) is 15.9 Å². The van der Waals surface area contributed by atoms with E-state index in [0.717, 1.165) is 15.7 Å². The van der Waals surface area contributed by atoms with Crippen LogP contribution in [-0.2, 0) is 6.54 Å². The monoisotopic (exact) mass is 288 g/mol. The lowest BCUT2D eigenvalue weighted by Gasteiger charge is -2.25. The van der Waals surface area contributed by atoms with Gasteiger partial charge in [-0.25, -0.2) is 0 Å². The molecule has 90 valence electrons. The Morgan fingerprint density at radius 3 is 2.31 bits per heavy atom. The average molecular weight is 289 g/mol. The number of nitrogens with two attached hydrogens (primary N) is 1. The van der Waals surface area contributed by atoms with Gasteiger partial charge in [0.1, 0.15) is 0 Å². The molecule has 0 bridgehead atoms. The largest absolute Gasteiger partial charge is 0.395 e. The maximum absolute atomic E-state index is 8.99. The second kappa shape index (κ2) is 6.85. The number of benzene rings is 1. The van der Waals surface area contributed by atoms with Gasteiger partial charge in [-0.05, 0) is 12.1 Å². The molecule has 1 aromatic carbocycles. The number of anilines is 1. The topological polar surface area (TPSA) is 69.7 Å². The first kappa shape index (κ1) is 13.4. The van der Waals surface area contributed by atoms with Crippen molar-refractivity contribution in [2.45, 2.75) is 6.54 Å². The van der Waals surface area contributed by atoms with E-state index in [4.69, 9.17) is 15.9 Å². The maximum Gasteiger partial charge on any atom is 0.0606 e. The number of aliphatic hydroxyl groups is 2. The highest BCUT2D eigenvalue weighted by Crippen LogP contribution is 2.27. The van der Waals surface area contributed by atoms with Crippen molar-refractivity contribution in [2.75, 3.05) is 31.2 Å². The molecule has 0 amide bonds. The minimum absolute atomic E-state index is 0.0521. The molecule has 4 nitrogen and oxygen atoms in total. The van der Waals surface area contributed by atoms with Crippen molar-refractivity contribution in [3.63, 3.8) is 0 Å². The van der Waals surface area contributed by atoms with Gasteiger partial charge in [0.05, 0.1) is 13.2 Å². The number of hydrogen-bond acceptors (Lipinski definition) is 4. The van der Waals surface area contributed by atoms with Gasteiger partial charge in [-0.3, -0.25) is 0 Å². The fraction of sp³-hybridized carbons (Fsp3) is 0.455. The molecule has 16 heavy (non-hydrogen) atoms. The predicted molar refractivity (Wildman–Crippen MR) is 68.4 cm³/mol. The standard InChI is InChI=1S/C11H17BrN2O2/c12-10-2-1-3-11(9(10)8-13)14(4-6-15)5-7-16/h1-3,15-16H,4-8,13H2. The van der Waals surface area contributed by atoms with E-state index in [1.54, 1.807) is 0 Å². The van der Waals surface area contributed by atoms with Crippen molar-refractivity contribution in [3.8, 4) is 0 Å². The number of rotatable bonds is 6. The second-order valence-corrected chi connectivity index (χ2v) is 4.23. The molecular formula is C11H17BrN2O2. The quantitative estimate of drug-likeness (QED) is 0.721. The van der Waals surface area contributed by atoms with E-state index < -0.39 is 0 Å². The van der Waals surface area contributed by atoms with E-state index in [1.165, 1.54) is 0 Å². The van der Waals surface area contributed by atoms with Gasteiger partial charge in [0.15, 0.2) is 0 Å². The van der Waals surface area contributed by atoms with Gasteiger partial charge in [0.2, 0.25) is 0 Å². The molecule has 0 atom stereocenters. The van der Waals surface area contributed by atoms with Gasteiger partial charge in [-0.15, -0.1) is 0 Å². The van der Waals surface area contributed by atoms with Crippen LogP contribution in [0.4, 0.5) is 5.69 Å². The van der Waals surface area contributed by atoms with E-state index in [1.807, 2.05) is 23.1 Å². The molecule has 0 aromatic heterocycles. The second-order valence-electron chi connectivity index (χ2n) is 3.38. The van der Waals surface area contributed by atoms with Crippen LogP contribution in [0.2, 0.25) is 0 Å². The fourth-order valence-corrected chi connectivity index (χ4v) is 2.16. The summed E-state index contributed by atoms with van der Waals surface area (Å²) in [6.45, 7) is 1.51. The van der Waals surface area contributed by atoms with Crippen LogP contribution in [0.5, 0.6) is 0 Å². The molecule has 1 rings (SSSR count). The van der Waals surface area contributed by atoms with E-state index >= 15 is 0 Å². The first-order chi connectivity index (χ1) is 7.74. The highest BCUT2D eigenvalue weighted by molar-refractivity contribution is 9.10. The Labute approximate surface area is 104 Å². The number of nitrogens with zero attached hydrogens (tertiary/aromatic N) is 1. The lowest BCUT2D eigenvalue weighted by Crippen LogP contribution is -2.30. The molecule has 0 aliphatic rings. The van der Waals surface area contributed by atoms with Gasteiger partial charge in [-0.1, -0.05) is 22.0 Å². The smallest absolute Gasteiger partial charge is 0.0606 e. The SMILES string of the molecule is NCc1c(Br)cccc1N(CCO)CCO. The first-order valence-corrected chi connectivity index (χ1v) is 5.98. The maximum atomic E-state index is 8.99. The highest BCUT2D eigenvalue weighted by Gasteiger charge is 2.11. The highest BCUT2D eigenvalue weighted by atomic mass is 79.9. The van der Waals surface area contributed by atoms with Crippen LogP contribution in [0, 0.1) is 0 Å². The Balaban J connectivity index is 3.02. The molecule has 0 heterocycles. The van der Waals surface area contributed by atoms with Crippen molar-refractivity contribution in [1.82, 2.24) is 0 Å². The predicted octanol–water partition coefficient (Wildman–Crippen LogP) is 0.699. The molecule has 0 saturated heterocycles. The summed E-state index contributed by atoms with van der Waals surface area (Å²) in [5, 5.41) is 18.0. The van der Waals surface area contributed by atoms with Crippen LogP contribution in [-0.4, -0.2) is 36.5 Å². The molecule has 0 aliphatic carbocycles. The minimum Gasteiger partial charge on any atom is -0.395 e. The lowest BCUT2D eigenvalue weighted by molar-refractivity contribution is 0.281. The third-order valence-corrected chi connectivity index (χ3v) is 3.12. The van der Waals surface area contributed by atoms with Gasteiger partial charge in [-0.2, -0.15) is 0 Å². The molecule has 0 fully saturated rings. The van der Waals surface area contributed by atoms with Gasteiger partial charge < -0.3 is 20.8 Å². The molecule has 1 aromatic rings. The molecule has 0 spiro atoms. The third kappa shape index (κ3) is 3.18. The summed E-state index contributed by atoms with van der Waals surface area (Å²) in [5.74, 6) is 0. The zero-order valence-corrected chi connectivity index (χ0v) is 10.7. The zero-order chi connectivity index (χ0) is 12.0. The molecular weight excluding hydrogens is 272 g/mol. The van der Waals surface area contributed by atoms with Crippen LogP contribution in [0.25, 0.3) is 0 Å². The molecule has 4 N–H and O–H groups in total. The summed E-state index contributed by atoms with van der Waals surface area (Å²) in [6.07, 6.45) is 0. The average Bonchev–Trinajstić information content (AvgIpc) is 2.28. The number of halogens is 1.